The van der Waals surface area contributed by atoms with Gasteiger partial charge >= 0.3 is 0 Å². The molecule has 0 fully saturated rings. The van der Waals surface area contributed by atoms with E-state index in [1.807, 2.05) is 43.5 Å². The summed E-state index contributed by atoms with van der Waals surface area (Å²) in [4.78, 5) is 23.9. The van der Waals surface area contributed by atoms with Gasteiger partial charge < -0.3 is 9.55 Å². The number of rotatable bonds is 5. The van der Waals surface area contributed by atoms with E-state index in [-0.39, 0.29) is 11.6 Å². The van der Waals surface area contributed by atoms with Crippen molar-refractivity contribution in [2.45, 2.75) is 32.7 Å². The van der Waals surface area contributed by atoms with E-state index in [2.05, 4.69) is 26.4 Å². The van der Waals surface area contributed by atoms with Crippen molar-refractivity contribution in [3.63, 3.8) is 0 Å². The fourth-order valence-electron chi connectivity index (χ4n) is 2.94. The first-order valence-corrected chi connectivity index (χ1v) is 7.80. The second kappa shape index (κ2) is 6.60. The highest BCUT2D eigenvalue weighted by Gasteiger charge is 2.20. The summed E-state index contributed by atoms with van der Waals surface area (Å²) in [5.41, 5.74) is 2.57. The minimum absolute atomic E-state index is 0.0125. The maximum absolute atomic E-state index is 12.4. The first-order valence-electron chi connectivity index (χ1n) is 7.80. The van der Waals surface area contributed by atoms with Crippen LogP contribution in [0.5, 0.6) is 0 Å². The number of aromatic amines is 1. The van der Waals surface area contributed by atoms with Gasteiger partial charge in [0.05, 0.1) is 18.1 Å². The van der Waals surface area contributed by atoms with Gasteiger partial charge in [-0.15, -0.1) is 0 Å². The molecule has 5 heteroatoms. The van der Waals surface area contributed by atoms with E-state index in [1.54, 1.807) is 6.20 Å². The third-order valence-corrected chi connectivity index (χ3v) is 4.11. The van der Waals surface area contributed by atoms with E-state index in [4.69, 9.17) is 0 Å². The molecule has 3 aromatic rings. The van der Waals surface area contributed by atoms with Crippen molar-refractivity contribution in [2.75, 3.05) is 0 Å². The van der Waals surface area contributed by atoms with Crippen LogP contribution in [0.4, 0.5) is 0 Å². The Morgan fingerprint density at radius 3 is 2.65 bits per heavy atom. The Hall–Kier alpha value is -2.69. The van der Waals surface area contributed by atoms with Gasteiger partial charge in [-0.2, -0.15) is 0 Å². The summed E-state index contributed by atoms with van der Waals surface area (Å²) in [6, 6.07) is 10.0. The molecule has 0 saturated carbocycles. The molecule has 0 amide bonds. The lowest BCUT2D eigenvalue weighted by Crippen LogP contribution is -2.22. The van der Waals surface area contributed by atoms with Crippen molar-refractivity contribution in [3.05, 3.63) is 82.1 Å². The molecule has 0 aliphatic rings. The molecule has 0 aliphatic heterocycles. The van der Waals surface area contributed by atoms with E-state index in [9.17, 15) is 4.79 Å². The summed E-state index contributed by atoms with van der Waals surface area (Å²) in [5, 5.41) is 0. The lowest BCUT2D eigenvalue weighted by atomic mass is 9.99. The average molecular weight is 308 g/mol. The lowest BCUT2D eigenvalue weighted by molar-refractivity contribution is 0.531. The number of nitrogens with one attached hydrogen (secondary N) is 1. The second-order valence-electron chi connectivity index (χ2n) is 5.56. The first-order chi connectivity index (χ1) is 11.2. The quantitative estimate of drug-likeness (QED) is 0.788. The van der Waals surface area contributed by atoms with Crippen LogP contribution < -0.4 is 5.56 Å². The Bertz CT molecular complexity index is 835. The van der Waals surface area contributed by atoms with Gasteiger partial charge in [-0.25, -0.2) is 9.97 Å². The highest BCUT2D eigenvalue weighted by molar-refractivity contribution is 5.29. The summed E-state index contributed by atoms with van der Waals surface area (Å²) < 4.78 is 2.08. The number of imidazole rings is 1. The highest BCUT2D eigenvalue weighted by atomic mass is 16.1. The van der Waals surface area contributed by atoms with Gasteiger partial charge in [0.25, 0.3) is 5.56 Å². The molecule has 3 rings (SSSR count). The van der Waals surface area contributed by atoms with Crippen LogP contribution in [0.1, 0.15) is 42.0 Å². The summed E-state index contributed by atoms with van der Waals surface area (Å²) >= 11 is 0. The minimum Gasteiger partial charge on any atom is -0.326 e. The maximum atomic E-state index is 12.4. The van der Waals surface area contributed by atoms with E-state index >= 15 is 0 Å². The van der Waals surface area contributed by atoms with Crippen LogP contribution in [0.2, 0.25) is 0 Å². The van der Waals surface area contributed by atoms with Crippen LogP contribution in [0.3, 0.4) is 0 Å². The molecule has 1 N–H and O–H groups in total. The van der Waals surface area contributed by atoms with Crippen molar-refractivity contribution >= 4 is 0 Å². The van der Waals surface area contributed by atoms with Crippen LogP contribution in [0, 0.1) is 6.92 Å². The predicted molar refractivity (Wildman–Crippen MR) is 89.5 cm³/mol. The molecule has 2 aromatic heterocycles. The largest absolute Gasteiger partial charge is 0.326 e. The van der Waals surface area contributed by atoms with Gasteiger partial charge in [-0.3, -0.25) is 4.79 Å². The number of benzene rings is 1. The standard InChI is InChI=1S/C18H20N4O/c1-3-16(22-10-9-19-13(22)2)17-15(18(23)21-12-20-17)11-14-7-5-4-6-8-14/h4-10,12,16H,3,11H2,1-2H3,(H,20,21,23). The van der Waals surface area contributed by atoms with Gasteiger partial charge in [0.15, 0.2) is 0 Å². The monoisotopic (exact) mass is 308 g/mol. The molecule has 0 saturated heterocycles. The van der Waals surface area contributed by atoms with Crippen molar-refractivity contribution in [1.29, 1.82) is 0 Å². The Morgan fingerprint density at radius 2 is 2.00 bits per heavy atom. The fraction of sp³-hybridized carbons (Fsp3) is 0.278. The molecule has 5 nitrogen and oxygen atoms in total. The Morgan fingerprint density at radius 1 is 1.22 bits per heavy atom. The third kappa shape index (κ3) is 3.08. The molecule has 1 unspecified atom stereocenters. The maximum Gasteiger partial charge on any atom is 0.254 e. The van der Waals surface area contributed by atoms with E-state index < -0.39 is 0 Å². The number of H-pyrrole nitrogens is 1. The third-order valence-electron chi connectivity index (χ3n) is 4.11. The van der Waals surface area contributed by atoms with Crippen LogP contribution in [0.15, 0.2) is 53.8 Å². The molecule has 1 atom stereocenters. The van der Waals surface area contributed by atoms with Crippen LogP contribution >= 0.6 is 0 Å². The fourth-order valence-corrected chi connectivity index (χ4v) is 2.94. The van der Waals surface area contributed by atoms with Gasteiger partial charge in [0, 0.05) is 24.4 Å². The molecule has 1 aromatic carbocycles. The normalized spacial score (nSPS) is 12.3. The number of aromatic nitrogens is 4. The van der Waals surface area contributed by atoms with Gasteiger partial charge in [-0.05, 0) is 18.9 Å². The topological polar surface area (TPSA) is 63.6 Å². The zero-order chi connectivity index (χ0) is 16.2. The van der Waals surface area contributed by atoms with Gasteiger partial charge in [0.2, 0.25) is 0 Å². The van der Waals surface area contributed by atoms with Crippen LogP contribution in [0.25, 0.3) is 0 Å². The van der Waals surface area contributed by atoms with E-state index in [0.717, 1.165) is 29.1 Å². The zero-order valence-electron chi connectivity index (χ0n) is 13.4. The highest BCUT2D eigenvalue weighted by Crippen LogP contribution is 2.24. The Balaban J connectivity index is 2.07. The first kappa shape index (κ1) is 15.2. The zero-order valence-corrected chi connectivity index (χ0v) is 13.4. The minimum atomic E-state index is -0.0740. The smallest absolute Gasteiger partial charge is 0.254 e. The summed E-state index contributed by atoms with van der Waals surface area (Å²) in [6.45, 7) is 4.06. The Labute approximate surface area is 135 Å². The summed E-state index contributed by atoms with van der Waals surface area (Å²) in [7, 11) is 0. The molecule has 0 bridgehead atoms. The summed E-state index contributed by atoms with van der Waals surface area (Å²) in [5.74, 6) is 0.921. The number of hydrogen-bond acceptors (Lipinski definition) is 3. The number of nitrogens with zero attached hydrogens (tertiary/aromatic N) is 3. The Kier molecular flexibility index (Phi) is 4.37. The van der Waals surface area contributed by atoms with Crippen molar-refractivity contribution < 1.29 is 0 Å². The van der Waals surface area contributed by atoms with Gasteiger partial charge in [0.1, 0.15) is 5.82 Å². The number of aryl methyl sites for hydroxylation is 1. The molecule has 118 valence electrons. The molecule has 2 heterocycles. The molecule has 0 radical (unpaired) electrons. The van der Waals surface area contributed by atoms with Crippen LogP contribution in [-0.4, -0.2) is 19.5 Å². The molecule has 0 aliphatic carbocycles. The van der Waals surface area contributed by atoms with Gasteiger partial charge in [-0.1, -0.05) is 37.3 Å². The average Bonchev–Trinajstić information content (AvgIpc) is 2.98. The molecule has 23 heavy (non-hydrogen) atoms. The second-order valence-corrected chi connectivity index (χ2v) is 5.56. The van der Waals surface area contributed by atoms with Crippen molar-refractivity contribution in [2.24, 2.45) is 0 Å². The molecular formula is C18H20N4O. The van der Waals surface area contributed by atoms with E-state index in [1.165, 1.54) is 6.33 Å². The van der Waals surface area contributed by atoms with E-state index in [0.29, 0.717) is 6.42 Å². The molecule has 0 spiro atoms. The van der Waals surface area contributed by atoms with Crippen molar-refractivity contribution in [3.8, 4) is 0 Å². The SMILES string of the molecule is CCC(c1nc[nH]c(=O)c1Cc1ccccc1)n1ccnc1C. The predicted octanol–water partition coefficient (Wildman–Crippen LogP) is 2.87. The van der Waals surface area contributed by atoms with Crippen molar-refractivity contribution in [1.82, 2.24) is 19.5 Å². The number of hydrogen-bond donors (Lipinski definition) is 1. The summed E-state index contributed by atoms with van der Waals surface area (Å²) in [6.07, 6.45) is 6.63. The van der Waals surface area contributed by atoms with Crippen LogP contribution in [-0.2, 0) is 6.42 Å². The lowest BCUT2D eigenvalue weighted by Gasteiger charge is -2.20. The molecular weight excluding hydrogens is 288 g/mol.